The fraction of sp³-hybridized carbons (Fsp3) is 0.316. The van der Waals surface area contributed by atoms with Gasteiger partial charge >= 0.3 is 12.3 Å². The van der Waals surface area contributed by atoms with Gasteiger partial charge in [0.1, 0.15) is 6.61 Å². The van der Waals surface area contributed by atoms with Gasteiger partial charge in [-0.1, -0.05) is 99.6 Å². The molecule has 1 atom stereocenters. The molecule has 0 radical (unpaired) electrons. The van der Waals surface area contributed by atoms with Crippen LogP contribution in [0.2, 0.25) is 5.04 Å². The molecule has 3 aromatic carbocycles. The van der Waals surface area contributed by atoms with E-state index in [0.29, 0.717) is 11.1 Å². The van der Waals surface area contributed by atoms with E-state index in [2.05, 4.69) is 55.2 Å². The third kappa shape index (κ3) is 6.45. The SMILES string of the molecule is Cc1ccc([C@@H](CC(=O)N2CCOC2=O)c2ccn3c(C(F)(F)F)nnc3c2C)cc1CO[Si](c1ccccc1)(c1ccccc1)C(C)(C)C. The molecule has 2 amide bonds. The van der Waals surface area contributed by atoms with Crippen molar-refractivity contribution in [1.29, 1.82) is 0 Å². The molecule has 0 aliphatic carbocycles. The first-order chi connectivity index (χ1) is 23.7. The number of nitrogens with zero attached hydrogens (tertiary/aromatic N) is 4. The summed E-state index contributed by atoms with van der Waals surface area (Å²) in [5.41, 5.74) is 3.73. The van der Waals surface area contributed by atoms with Gasteiger partial charge in [-0.3, -0.25) is 9.20 Å². The third-order valence-electron chi connectivity index (χ3n) is 9.57. The van der Waals surface area contributed by atoms with Gasteiger partial charge in [0.05, 0.1) is 13.2 Å². The molecule has 0 N–H and O–H groups in total. The van der Waals surface area contributed by atoms with Crippen LogP contribution in [0.5, 0.6) is 0 Å². The largest absolute Gasteiger partial charge is 0.452 e. The number of ether oxygens (including phenoxy) is 1. The van der Waals surface area contributed by atoms with Crippen LogP contribution in [0.1, 0.15) is 66.8 Å². The number of aryl methyl sites for hydroxylation is 2. The molecule has 0 bridgehead atoms. The van der Waals surface area contributed by atoms with Crippen molar-refractivity contribution in [3.63, 3.8) is 0 Å². The smallest absolute Gasteiger partial charge is 0.447 e. The highest BCUT2D eigenvalue weighted by molar-refractivity contribution is 6.99. The zero-order valence-corrected chi connectivity index (χ0v) is 29.6. The zero-order chi connectivity index (χ0) is 35.8. The molecule has 1 aliphatic heterocycles. The Hall–Kier alpha value is -4.81. The summed E-state index contributed by atoms with van der Waals surface area (Å²) in [6.07, 6.45) is -4.25. The van der Waals surface area contributed by atoms with E-state index in [9.17, 15) is 22.8 Å². The standard InChI is InChI=1S/C38H39F3N4O4Si/c1-25-16-17-27(22-28(25)24-49-50(37(3,4)5,29-12-8-6-9-13-29)30-14-10-7-11-15-30)32(23-33(46)44-20-21-48-36(44)47)31-18-19-45-34(26(31)2)42-43-35(45)38(39,40)41/h6-19,22,32H,20-21,23-24H2,1-5H3/t32-/m1/s1. The first-order valence-corrected chi connectivity index (χ1v) is 18.4. The first kappa shape index (κ1) is 35.0. The summed E-state index contributed by atoms with van der Waals surface area (Å²) in [4.78, 5) is 27.0. The van der Waals surface area contributed by atoms with Gasteiger partial charge in [-0.2, -0.15) is 13.2 Å². The number of fused-ring (bicyclic) bond motifs is 1. The van der Waals surface area contributed by atoms with Gasteiger partial charge in [0.25, 0.3) is 8.32 Å². The number of carbonyl (C=O) groups excluding carboxylic acids is 2. The maximum atomic E-state index is 13.7. The fourth-order valence-electron chi connectivity index (χ4n) is 6.99. The number of cyclic esters (lactones) is 1. The van der Waals surface area contributed by atoms with Gasteiger partial charge < -0.3 is 9.16 Å². The van der Waals surface area contributed by atoms with E-state index < -0.39 is 38.2 Å². The maximum Gasteiger partial charge on any atom is 0.452 e. The number of hydrogen-bond acceptors (Lipinski definition) is 6. The van der Waals surface area contributed by atoms with E-state index in [1.807, 2.05) is 61.5 Å². The van der Waals surface area contributed by atoms with Crippen molar-refractivity contribution in [2.45, 2.75) is 64.8 Å². The second-order valence-electron chi connectivity index (χ2n) is 13.7. The molecule has 3 heterocycles. The summed E-state index contributed by atoms with van der Waals surface area (Å²) in [5.74, 6) is -2.20. The monoisotopic (exact) mass is 700 g/mol. The lowest BCUT2D eigenvalue weighted by atomic mass is 9.85. The van der Waals surface area contributed by atoms with Crippen molar-refractivity contribution in [3.8, 4) is 0 Å². The minimum absolute atomic E-state index is 0.0372. The fourth-order valence-corrected chi connectivity index (χ4v) is 11.5. The molecule has 1 saturated heterocycles. The summed E-state index contributed by atoms with van der Waals surface area (Å²) in [6.45, 7) is 10.8. The molecule has 0 spiro atoms. The Kier molecular flexibility index (Phi) is 9.44. The van der Waals surface area contributed by atoms with E-state index in [1.54, 1.807) is 13.0 Å². The Balaban J connectivity index is 1.43. The van der Waals surface area contributed by atoms with Crippen molar-refractivity contribution >= 4 is 36.3 Å². The average Bonchev–Trinajstić information content (AvgIpc) is 3.73. The van der Waals surface area contributed by atoms with Gasteiger partial charge in [0, 0.05) is 18.5 Å². The Morgan fingerprint density at radius 1 is 0.940 bits per heavy atom. The Morgan fingerprint density at radius 3 is 2.14 bits per heavy atom. The second-order valence-corrected chi connectivity index (χ2v) is 18.0. The molecule has 12 heteroatoms. The summed E-state index contributed by atoms with van der Waals surface area (Å²) in [6, 6.07) is 28.1. The number of rotatable bonds is 9. The molecule has 260 valence electrons. The van der Waals surface area contributed by atoms with E-state index in [0.717, 1.165) is 36.4 Å². The summed E-state index contributed by atoms with van der Waals surface area (Å²) in [5, 5.41) is 9.32. The molecule has 0 saturated carbocycles. The van der Waals surface area contributed by atoms with Crippen LogP contribution in [0.15, 0.2) is 91.1 Å². The zero-order valence-electron chi connectivity index (χ0n) is 28.6. The second kappa shape index (κ2) is 13.5. The highest BCUT2D eigenvalue weighted by Crippen LogP contribution is 2.39. The number of benzene rings is 3. The van der Waals surface area contributed by atoms with Crippen LogP contribution in [0.3, 0.4) is 0 Å². The van der Waals surface area contributed by atoms with Crippen LogP contribution in [0, 0.1) is 13.8 Å². The minimum atomic E-state index is -4.70. The number of amides is 2. The highest BCUT2D eigenvalue weighted by Gasteiger charge is 2.50. The van der Waals surface area contributed by atoms with Crippen molar-refractivity contribution in [1.82, 2.24) is 19.5 Å². The first-order valence-electron chi connectivity index (χ1n) is 16.5. The molecule has 2 aromatic heterocycles. The number of pyridine rings is 1. The summed E-state index contributed by atoms with van der Waals surface area (Å²) < 4.78 is 54.2. The summed E-state index contributed by atoms with van der Waals surface area (Å²) in [7, 11) is -2.89. The van der Waals surface area contributed by atoms with E-state index in [4.69, 9.17) is 9.16 Å². The number of hydrogen-bond donors (Lipinski definition) is 0. The van der Waals surface area contributed by atoms with Crippen molar-refractivity contribution in [2.75, 3.05) is 13.2 Å². The molecule has 1 fully saturated rings. The van der Waals surface area contributed by atoms with E-state index in [1.165, 1.54) is 6.20 Å². The number of aromatic nitrogens is 3. The maximum absolute atomic E-state index is 13.7. The molecule has 50 heavy (non-hydrogen) atoms. The van der Waals surface area contributed by atoms with Crippen LogP contribution in [0.25, 0.3) is 5.65 Å². The molecule has 1 aliphatic rings. The van der Waals surface area contributed by atoms with Crippen LogP contribution >= 0.6 is 0 Å². The number of halogens is 3. The predicted octanol–water partition coefficient (Wildman–Crippen LogP) is 6.94. The van der Waals surface area contributed by atoms with Gasteiger partial charge in [-0.15, -0.1) is 10.2 Å². The average molecular weight is 701 g/mol. The predicted molar refractivity (Wildman–Crippen MR) is 186 cm³/mol. The Labute approximate surface area is 290 Å². The third-order valence-corrected chi connectivity index (χ3v) is 14.6. The van der Waals surface area contributed by atoms with E-state index >= 15 is 0 Å². The van der Waals surface area contributed by atoms with Crippen LogP contribution in [-0.4, -0.2) is 53.0 Å². The van der Waals surface area contributed by atoms with Gasteiger partial charge in [0.15, 0.2) is 5.65 Å². The lowest BCUT2D eigenvalue weighted by Gasteiger charge is -2.43. The Morgan fingerprint density at radius 2 is 1.58 bits per heavy atom. The highest BCUT2D eigenvalue weighted by atomic mass is 28.4. The van der Waals surface area contributed by atoms with Gasteiger partial charge in [-0.25, -0.2) is 9.69 Å². The van der Waals surface area contributed by atoms with Crippen LogP contribution in [0.4, 0.5) is 18.0 Å². The molecule has 5 aromatic rings. The van der Waals surface area contributed by atoms with Crippen molar-refractivity contribution in [3.05, 3.63) is 125 Å². The molecule has 0 unspecified atom stereocenters. The Bertz CT molecular complexity index is 1990. The summed E-state index contributed by atoms with van der Waals surface area (Å²) >= 11 is 0. The van der Waals surface area contributed by atoms with Crippen molar-refractivity contribution in [2.24, 2.45) is 0 Å². The number of imide groups is 1. The number of alkyl halides is 3. The number of carbonyl (C=O) groups is 2. The molecule has 6 rings (SSSR count). The van der Waals surface area contributed by atoms with Crippen LogP contribution < -0.4 is 10.4 Å². The molecule has 8 nitrogen and oxygen atoms in total. The molecular formula is C38H39F3N4O4Si. The van der Waals surface area contributed by atoms with Gasteiger partial charge in [-0.05, 0) is 63.1 Å². The van der Waals surface area contributed by atoms with Gasteiger partial charge in [0.2, 0.25) is 11.7 Å². The van der Waals surface area contributed by atoms with Crippen LogP contribution in [-0.2, 0) is 26.7 Å². The van der Waals surface area contributed by atoms with E-state index in [-0.39, 0.29) is 36.9 Å². The minimum Gasteiger partial charge on any atom is -0.447 e. The quantitative estimate of drug-likeness (QED) is 0.155. The normalized spacial score (nSPS) is 14.6. The lowest BCUT2D eigenvalue weighted by Crippen LogP contribution is -2.66. The molecular weight excluding hydrogens is 662 g/mol. The van der Waals surface area contributed by atoms with Crippen molar-refractivity contribution < 1.29 is 31.9 Å². The topological polar surface area (TPSA) is 86.0 Å². The lowest BCUT2D eigenvalue weighted by molar-refractivity contribution is -0.145.